The number of allylic oxidation sites excluding steroid dienone is 1. The first-order valence-electron chi connectivity index (χ1n) is 6.96. The molecule has 0 fully saturated rings. The Morgan fingerprint density at radius 3 is 2.26 bits per heavy atom. The third-order valence-electron chi connectivity index (χ3n) is 3.35. The van der Waals surface area contributed by atoms with Crippen molar-refractivity contribution in [3.8, 4) is 0 Å². The van der Waals surface area contributed by atoms with Crippen LogP contribution in [0.5, 0.6) is 0 Å². The molecular formula is C17H25NO. The summed E-state index contributed by atoms with van der Waals surface area (Å²) in [6, 6.07) is 10.3. The van der Waals surface area contributed by atoms with Crippen molar-refractivity contribution in [3.05, 3.63) is 47.9 Å². The van der Waals surface area contributed by atoms with E-state index in [0.717, 1.165) is 12.2 Å². The fourth-order valence-electron chi connectivity index (χ4n) is 2.91. The van der Waals surface area contributed by atoms with Gasteiger partial charge in [-0.15, -0.1) is 0 Å². The lowest BCUT2D eigenvalue weighted by Gasteiger charge is -2.33. The van der Waals surface area contributed by atoms with Gasteiger partial charge >= 0.3 is 0 Å². The highest BCUT2D eigenvalue weighted by molar-refractivity contribution is 5.21. The van der Waals surface area contributed by atoms with Gasteiger partial charge in [0.2, 0.25) is 0 Å². The summed E-state index contributed by atoms with van der Waals surface area (Å²) >= 11 is 0. The molecule has 1 heterocycles. The summed E-state index contributed by atoms with van der Waals surface area (Å²) in [5.41, 5.74) is 1.51. The van der Waals surface area contributed by atoms with E-state index in [1.165, 1.54) is 5.56 Å². The maximum atomic E-state index is 6.11. The van der Waals surface area contributed by atoms with Gasteiger partial charge < -0.3 is 10.1 Å². The largest absolute Gasteiger partial charge is 0.469 e. The van der Waals surface area contributed by atoms with Gasteiger partial charge in [0.25, 0.3) is 0 Å². The van der Waals surface area contributed by atoms with E-state index < -0.39 is 0 Å². The number of benzene rings is 1. The summed E-state index contributed by atoms with van der Waals surface area (Å²) < 4.78 is 6.11. The summed E-state index contributed by atoms with van der Waals surface area (Å²) in [6.45, 7) is 11.3. The first kappa shape index (κ1) is 14.0. The average molecular weight is 259 g/mol. The minimum atomic E-state index is -0.0459. The first-order valence-corrected chi connectivity index (χ1v) is 6.96. The van der Waals surface area contributed by atoms with Crippen molar-refractivity contribution >= 4 is 0 Å². The summed E-state index contributed by atoms with van der Waals surface area (Å²) in [7, 11) is 0. The van der Waals surface area contributed by atoms with Gasteiger partial charge in [0, 0.05) is 17.2 Å². The third kappa shape index (κ3) is 3.52. The van der Waals surface area contributed by atoms with Crippen LogP contribution in [0.4, 0.5) is 0 Å². The highest BCUT2D eigenvalue weighted by Gasteiger charge is 2.34. The minimum absolute atomic E-state index is 0.0459. The lowest BCUT2D eigenvalue weighted by Crippen LogP contribution is -2.23. The second-order valence-corrected chi connectivity index (χ2v) is 7.21. The Kier molecular flexibility index (Phi) is 3.62. The predicted molar refractivity (Wildman–Crippen MR) is 79.3 cm³/mol. The Morgan fingerprint density at radius 2 is 1.68 bits per heavy atom. The first-order chi connectivity index (χ1) is 8.78. The molecule has 19 heavy (non-hydrogen) atoms. The van der Waals surface area contributed by atoms with Crippen LogP contribution in [0, 0.1) is 10.8 Å². The van der Waals surface area contributed by atoms with Gasteiger partial charge in [-0.05, 0) is 11.8 Å². The third-order valence-corrected chi connectivity index (χ3v) is 3.35. The molecule has 0 amide bonds. The van der Waals surface area contributed by atoms with Crippen LogP contribution in [0.1, 0.15) is 52.8 Å². The van der Waals surface area contributed by atoms with Crippen molar-refractivity contribution < 1.29 is 4.74 Å². The molecule has 2 nitrogen and oxygen atoms in total. The Hall–Kier alpha value is -1.44. The molecule has 1 aliphatic heterocycles. The zero-order chi connectivity index (χ0) is 14.1. The normalized spacial score (nSPS) is 19.6. The second-order valence-electron chi connectivity index (χ2n) is 7.21. The molecule has 0 saturated carbocycles. The summed E-state index contributed by atoms with van der Waals surface area (Å²) in [5, 5.41) is 3.33. The van der Waals surface area contributed by atoms with E-state index >= 15 is 0 Å². The molecule has 0 aromatic heterocycles. The van der Waals surface area contributed by atoms with Crippen molar-refractivity contribution in [2.75, 3.05) is 0 Å². The number of rotatable bonds is 3. The highest BCUT2D eigenvalue weighted by atomic mass is 16.5. The predicted octanol–water partition coefficient (Wildman–Crippen LogP) is 4.61. The van der Waals surface area contributed by atoms with E-state index in [0.29, 0.717) is 5.41 Å². The van der Waals surface area contributed by atoms with Crippen LogP contribution in [-0.4, -0.2) is 0 Å². The van der Waals surface area contributed by atoms with E-state index in [1.54, 1.807) is 0 Å². The molecular weight excluding hydrogens is 234 g/mol. The van der Waals surface area contributed by atoms with E-state index in [-0.39, 0.29) is 11.6 Å². The summed E-state index contributed by atoms with van der Waals surface area (Å²) in [5.74, 6) is 1.05. The fraction of sp³-hybridized carbons (Fsp3) is 0.529. The Labute approximate surface area is 116 Å². The van der Waals surface area contributed by atoms with Crippen molar-refractivity contribution in [3.63, 3.8) is 0 Å². The van der Waals surface area contributed by atoms with Gasteiger partial charge in [-0.2, -0.15) is 0 Å². The SMILES string of the molecule is CC(C)(C)CC(C)(C)C1=CNC(c2ccccc2)O1. The van der Waals surface area contributed by atoms with E-state index in [1.807, 2.05) is 24.4 Å². The molecule has 1 unspecified atom stereocenters. The fourth-order valence-corrected chi connectivity index (χ4v) is 2.91. The van der Waals surface area contributed by atoms with E-state index in [9.17, 15) is 0 Å². The standard InChI is InChI=1S/C17H25NO/c1-16(2,3)12-17(4,5)14-11-18-15(19-14)13-9-7-6-8-10-13/h6-11,15,18H,12H2,1-5H3. The molecule has 0 bridgehead atoms. The van der Waals surface area contributed by atoms with Crippen LogP contribution in [0.2, 0.25) is 0 Å². The van der Waals surface area contributed by atoms with E-state index in [2.05, 4.69) is 52.1 Å². The van der Waals surface area contributed by atoms with Crippen molar-refractivity contribution in [1.82, 2.24) is 5.32 Å². The minimum Gasteiger partial charge on any atom is -0.469 e. The smallest absolute Gasteiger partial charge is 0.195 e. The topological polar surface area (TPSA) is 21.3 Å². The zero-order valence-corrected chi connectivity index (χ0v) is 12.7. The molecule has 0 saturated heterocycles. The quantitative estimate of drug-likeness (QED) is 0.856. The van der Waals surface area contributed by atoms with Gasteiger partial charge in [0.15, 0.2) is 6.23 Å². The van der Waals surface area contributed by atoms with Gasteiger partial charge in [-0.3, -0.25) is 0 Å². The van der Waals surface area contributed by atoms with Gasteiger partial charge in [0.1, 0.15) is 5.76 Å². The number of hydrogen-bond acceptors (Lipinski definition) is 2. The molecule has 104 valence electrons. The van der Waals surface area contributed by atoms with Gasteiger partial charge in [-0.1, -0.05) is 65.0 Å². The van der Waals surface area contributed by atoms with E-state index in [4.69, 9.17) is 4.74 Å². The van der Waals surface area contributed by atoms with Crippen LogP contribution in [0.15, 0.2) is 42.3 Å². The van der Waals surface area contributed by atoms with Crippen LogP contribution in [0.3, 0.4) is 0 Å². The van der Waals surface area contributed by atoms with Crippen LogP contribution >= 0.6 is 0 Å². The van der Waals surface area contributed by atoms with Crippen molar-refractivity contribution in [2.24, 2.45) is 10.8 Å². The molecule has 1 N–H and O–H groups in total. The maximum Gasteiger partial charge on any atom is 0.195 e. The van der Waals surface area contributed by atoms with Crippen LogP contribution < -0.4 is 5.32 Å². The number of nitrogens with one attached hydrogen (secondary N) is 1. The molecule has 2 heteroatoms. The van der Waals surface area contributed by atoms with Crippen LogP contribution in [-0.2, 0) is 4.74 Å². The molecule has 0 aliphatic carbocycles. The lowest BCUT2D eigenvalue weighted by atomic mass is 9.75. The number of ether oxygens (including phenoxy) is 1. The summed E-state index contributed by atoms with van der Waals surface area (Å²) in [6.07, 6.45) is 3.08. The number of hydrogen-bond donors (Lipinski definition) is 1. The monoisotopic (exact) mass is 259 g/mol. The molecule has 2 rings (SSSR count). The van der Waals surface area contributed by atoms with Crippen LogP contribution in [0.25, 0.3) is 0 Å². The van der Waals surface area contributed by atoms with Gasteiger partial charge in [-0.25, -0.2) is 0 Å². The maximum absolute atomic E-state index is 6.11. The zero-order valence-electron chi connectivity index (χ0n) is 12.7. The van der Waals surface area contributed by atoms with Crippen molar-refractivity contribution in [2.45, 2.75) is 47.3 Å². The molecule has 1 aromatic rings. The Balaban J connectivity index is 2.05. The molecule has 0 spiro atoms. The van der Waals surface area contributed by atoms with Crippen molar-refractivity contribution in [1.29, 1.82) is 0 Å². The molecule has 1 aromatic carbocycles. The lowest BCUT2D eigenvalue weighted by molar-refractivity contribution is 0.0698. The Morgan fingerprint density at radius 1 is 1.05 bits per heavy atom. The highest BCUT2D eigenvalue weighted by Crippen LogP contribution is 2.42. The average Bonchev–Trinajstić information content (AvgIpc) is 2.77. The summed E-state index contributed by atoms with van der Waals surface area (Å²) in [4.78, 5) is 0. The molecule has 1 aliphatic rings. The Bertz CT molecular complexity index is 454. The molecule has 0 radical (unpaired) electrons. The van der Waals surface area contributed by atoms with Gasteiger partial charge in [0.05, 0.1) is 0 Å². The second kappa shape index (κ2) is 4.92. The molecule has 1 atom stereocenters.